The molecule has 0 spiro atoms. The van der Waals surface area contributed by atoms with Gasteiger partial charge in [0.15, 0.2) is 5.92 Å². The van der Waals surface area contributed by atoms with E-state index in [1.165, 1.54) is 6.92 Å². The van der Waals surface area contributed by atoms with E-state index >= 15 is 0 Å². The second kappa shape index (κ2) is 9.02. The van der Waals surface area contributed by atoms with E-state index in [-0.39, 0.29) is 13.2 Å². The zero-order valence-electron chi connectivity index (χ0n) is 13.0. The summed E-state index contributed by atoms with van der Waals surface area (Å²) < 4.78 is 23.8. The lowest BCUT2D eigenvalue weighted by Crippen LogP contribution is -2.46. The normalized spacial score (nSPS) is 13.3. The fourth-order valence-corrected chi connectivity index (χ4v) is 2.04. The Morgan fingerprint density at radius 3 is 2.00 bits per heavy atom. The predicted octanol–water partition coefficient (Wildman–Crippen LogP) is 2.57. The number of anilines is 1. The highest BCUT2D eigenvalue weighted by Gasteiger charge is 2.40. The average Bonchev–Trinajstić information content (AvgIpc) is 2.48. The number of alkyl halides is 1. The number of ether oxygens (including phenoxy) is 2. The van der Waals surface area contributed by atoms with E-state index < -0.39 is 30.1 Å². The first-order chi connectivity index (χ1) is 10.5. The van der Waals surface area contributed by atoms with Crippen molar-refractivity contribution in [3.63, 3.8) is 0 Å². The molecule has 0 fully saturated rings. The van der Waals surface area contributed by atoms with Crippen LogP contribution in [0.2, 0.25) is 0 Å². The minimum absolute atomic E-state index is 0.105. The maximum atomic E-state index is 14.0. The van der Waals surface area contributed by atoms with Gasteiger partial charge in [-0.05, 0) is 32.9 Å². The monoisotopic (exact) mass is 311 g/mol. The van der Waals surface area contributed by atoms with Crippen LogP contribution >= 0.6 is 0 Å². The van der Waals surface area contributed by atoms with E-state index in [4.69, 9.17) is 9.47 Å². The first kappa shape index (κ1) is 17.9. The van der Waals surface area contributed by atoms with Crippen LogP contribution in [0.4, 0.5) is 10.1 Å². The van der Waals surface area contributed by atoms with Gasteiger partial charge in [-0.25, -0.2) is 4.39 Å². The average molecular weight is 311 g/mol. The molecular formula is C16H22FNO4. The summed E-state index contributed by atoms with van der Waals surface area (Å²) in [5, 5.41) is 2.88. The number of halogens is 1. The molecule has 122 valence electrons. The van der Waals surface area contributed by atoms with Crippen LogP contribution in [0.1, 0.15) is 20.8 Å². The van der Waals surface area contributed by atoms with Crippen LogP contribution in [0.5, 0.6) is 0 Å². The number of rotatable bonds is 8. The fourth-order valence-electron chi connectivity index (χ4n) is 2.04. The molecule has 0 saturated carbocycles. The van der Waals surface area contributed by atoms with Crippen molar-refractivity contribution in [2.75, 3.05) is 18.5 Å². The number of esters is 2. The van der Waals surface area contributed by atoms with Crippen LogP contribution in [-0.2, 0) is 19.1 Å². The van der Waals surface area contributed by atoms with E-state index in [1.807, 2.05) is 6.07 Å². The summed E-state index contributed by atoms with van der Waals surface area (Å²) in [4.78, 5) is 24.1. The maximum Gasteiger partial charge on any atom is 0.322 e. The van der Waals surface area contributed by atoms with Crippen molar-refractivity contribution in [1.29, 1.82) is 0 Å². The van der Waals surface area contributed by atoms with Crippen molar-refractivity contribution in [2.24, 2.45) is 5.92 Å². The topological polar surface area (TPSA) is 64.6 Å². The van der Waals surface area contributed by atoms with Crippen LogP contribution in [0.25, 0.3) is 0 Å². The Bertz CT molecular complexity index is 460. The van der Waals surface area contributed by atoms with Gasteiger partial charge < -0.3 is 14.8 Å². The molecule has 0 amide bonds. The van der Waals surface area contributed by atoms with E-state index in [2.05, 4.69) is 5.32 Å². The van der Waals surface area contributed by atoms with Gasteiger partial charge in [0, 0.05) is 5.69 Å². The summed E-state index contributed by atoms with van der Waals surface area (Å²) in [5.41, 5.74) is 0.607. The molecule has 1 aromatic rings. The van der Waals surface area contributed by atoms with Gasteiger partial charge in [-0.2, -0.15) is 0 Å². The highest BCUT2D eigenvalue weighted by Crippen LogP contribution is 2.20. The second-order valence-electron chi connectivity index (χ2n) is 4.70. The van der Waals surface area contributed by atoms with Crippen LogP contribution in [0, 0.1) is 5.92 Å². The Kier molecular flexibility index (Phi) is 7.36. The molecule has 0 aliphatic carbocycles. The summed E-state index contributed by atoms with van der Waals surface area (Å²) >= 11 is 0. The van der Waals surface area contributed by atoms with Gasteiger partial charge in [0.05, 0.1) is 19.3 Å². The Morgan fingerprint density at radius 2 is 1.59 bits per heavy atom. The van der Waals surface area contributed by atoms with E-state index in [1.54, 1.807) is 38.1 Å². The third-order valence-electron chi connectivity index (χ3n) is 3.04. The van der Waals surface area contributed by atoms with Gasteiger partial charge in [-0.15, -0.1) is 0 Å². The zero-order valence-corrected chi connectivity index (χ0v) is 13.0. The van der Waals surface area contributed by atoms with Crippen molar-refractivity contribution in [3.05, 3.63) is 30.3 Å². The first-order valence-corrected chi connectivity index (χ1v) is 7.30. The SMILES string of the molecule is CCOC(=O)C(C(=O)OCC)C(Nc1ccccc1)C(C)F. The highest BCUT2D eigenvalue weighted by atomic mass is 19.1. The summed E-state index contributed by atoms with van der Waals surface area (Å²) in [6, 6.07) is 7.73. The molecule has 2 atom stereocenters. The van der Waals surface area contributed by atoms with Crippen molar-refractivity contribution in [3.8, 4) is 0 Å². The standard InChI is InChI=1S/C16H22FNO4/c1-4-21-15(19)13(16(20)22-5-2)14(11(3)17)18-12-9-7-6-8-10-12/h6-11,13-14,18H,4-5H2,1-3H3. The number of nitrogens with one attached hydrogen (secondary N) is 1. The summed E-state index contributed by atoms with van der Waals surface area (Å²) in [6.45, 7) is 4.74. The van der Waals surface area contributed by atoms with Gasteiger partial charge in [-0.3, -0.25) is 9.59 Å². The molecule has 0 aliphatic rings. The predicted molar refractivity (Wildman–Crippen MR) is 81.2 cm³/mol. The smallest absolute Gasteiger partial charge is 0.322 e. The van der Waals surface area contributed by atoms with Crippen molar-refractivity contribution < 1.29 is 23.5 Å². The summed E-state index contributed by atoms with van der Waals surface area (Å²) in [6.07, 6.45) is -1.46. The van der Waals surface area contributed by atoms with Crippen molar-refractivity contribution in [2.45, 2.75) is 33.0 Å². The third kappa shape index (κ3) is 5.02. The summed E-state index contributed by atoms with van der Waals surface area (Å²) in [5.74, 6) is -2.95. The van der Waals surface area contributed by atoms with E-state index in [0.29, 0.717) is 5.69 Å². The van der Waals surface area contributed by atoms with Gasteiger partial charge in [0.1, 0.15) is 6.17 Å². The summed E-state index contributed by atoms with van der Waals surface area (Å²) in [7, 11) is 0. The Balaban J connectivity index is 3.03. The third-order valence-corrected chi connectivity index (χ3v) is 3.04. The first-order valence-electron chi connectivity index (χ1n) is 7.30. The number of hydrogen-bond acceptors (Lipinski definition) is 5. The fraction of sp³-hybridized carbons (Fsp3) is 0.500. The molecule has 0 aliphatic heterocycles. The lowest BCUT2D eigenvalue weighted by molar-refractivity contribution is -0.163. The molecule has 0 saturated heterocycles. The molecule has 1 aromatic carbocycles. The van der Waals surface area contributed by atoms with Crippen LogP contribution < -0.4 is 5.32 Å². The number of benzene rings is 1. The molecule has 1 N–H and O–H groups in total. The lowest BCUT2D eigenvalue weighted by atomic mass is 9.95. The Morgan fingerprint density at radius 1 is 1.09 bits per heavy atom. The van der Waals surface area contributed by atoms with Crippen LogP contribution in [0.3, 0.4) is 0 Å². The van der Waals surface area contributed by atoms with Gasteiger partial charge in [-0.1, -0.05) is 18.2 Å². The van der Waals surface area contributed by atoms with Gasteiger partial charge >= 0.3 is 11.9 Å². The minimum atomic E-state index is -1.46. The molecule has 0 aromatic heterocycles. The minimum Gasteiger partial charge on any atom is -0.465 e. The number of hydrogen-bond donors (Lipinski definition) is 1. The quantitative estimate of drug-likeness (QED) is 0.590. The van der Waals surface area contributed by atoms with Crippen molar-refractivity contribution in [1.82, 2.24) is 0 Å². The molecule has 0 bridgehead atoms. The van der Waals surface area contributed by atoms with Gasteiger partial charge in [0.25, 0.3) is 0 Å². The molecule has 0 radical (unpaired) electrons. The lowest BCUT2D eigenvalue weighted by Gasteiger charge is -2.27. The number of carbonyl (C=O) groups excluding carboxylic acids is 2. The van der Waals surface area contributed by atoms with Crippen LogP contribution in [-0.4, -0.2) is 37.4 Å². The molecule has 2 unspecified atom stereocenters. The molecule has 0 heterocycles. The molecular weight excluding hydrogens is 289 g/mol. The maximum absolute atomic E-state index is 14.0. The largest absolute Gasteiger partial charge is 0.465 e. The van der Waals surface area contributed by atoms with E-state index in [9.17, 15) is 14.0 Å². The highest BCUT2D eigenvalue weighted by molar-refractivity contribution is 5.96. The molecule has 5 nitrogen and oxygen atoms in total. The molecule has 6 heteroatoms. The van der Waals surface area contributed by atoms with Crippen molar-refractivity contribution >= 4 is 17.6 Å². The van der Waals surface area contributed by atoms with Gasteiger partial charge in [0.2, 0.25) is 0 Å². The Labute approximate surface area is 129 Å². The second-order valence-corrected chi connectivity index (χ2v) is 4.70. The van der Waals surface area contributed by atoms with E-state index in [0.717, 1.165) is 0 Å². The molecule has 1 rings (SSSR count). The van der Waals surface area contributed by atoms with Crippen LogP contribution in [0.15, 0.2) is 30.3 Å². The Hall–Kier alpha value is -2.11. The zero-order chi connectivity index (χ0) is 16.5. The number of carbonyl (C=O) groups is 2. The number of para-hydroxylation sites is 1. The molecule has 22 heavy (non-hydrogen) atoms.